The summed E-state index contributed by atoms with van der Waals surface area (Å²) in [4.78, 5) is 38.0. The lowest BCUT2D eigenvalue weighted by atomic mass is 9.84. The summed E-state index contributed by atoms with van der Waals surface area (Å²) in [5.41, 5.74) is 7.60. The number of hydrogen-bond acceptors (Lipinski definition) is 8. The molecule has 8 N–H and O–H groups in total. The molecule has 2 aromatic rings. The number of carbonyl (C=O) groups is 3. The molecule has 2 aromatic carbocycles. The van der Waals surface area contributed by atoms with Crippen LogP contribution in [0.15, 0.2) is 72.3 Å². The summed E-state index contributed by atoms with van der Waals surface area (Å²) in [6, 6.07) is 15.9. The Kier molecular flexibility index (Phi) is 8.82. The van der Waals surface area contributed by atoms with Gasteiger partial charge in [-0.05, 0) is 35.9 Å². The molecule has 10 nitrogen and oxygen atoms in total. The largest absolute Gasteiger partial charge is 0.480 e. The number of benzene rings is 2. The molecule has 0 aliphatic carbocycles. The maximum Gasteiger partial charge on any atom is 0.317 e. The first-order valence-electron chi connectivity index (χ1n) is 12.4. The summed E-state index contributed by atoms with van der Waals surface area (Å²) < 4.78 is 0. The molecule has 4 atom stereocenters. The second-order valence-electron chi connectivity index (χ2n) is 9.26. The summed E-state index contributed by atoms with van der Waals surface area (Å²) >= 11 is 1.15. The van der Waals surface area contributed by atoms with E-state index in [0.717, 1.165) is 29.3 Å². The number of carboxylic acids is 1. The molecule has 0 saturated carbocycles. The predicted molar refractivity (Wildman–Crippen MR) is 147 cm³/mol. The molecular formula is C27H32N6O4S. The van der Waals surface area contributed by atoms with Gasteiger partial charge in [-0.2, -0.15) is 0 Å². The van der Waals surface area contributed by atoms with Gasteiger partial charge in [-0.15, -0.1) is 0 Å². The number of thioether (sulfide) groups is 1. The zero-order valence-corrected chi connectivity index (χ0v) is 21.5. The van der Waals surface area contributed by atoms with Crippen LogP contribution in [-0.2, 0) is 14.4 Å². The lowest BCUT2D eigenvalue weighted by Gasteiger charge is -2.38. The van der Waals surface area contributed by atoms with Gasteiger partial charge in [-0.3, -0.25) is 25.1 Å². The van der Waals surface area contributed by atoms with E-state index in [9.17, 15) is 19.5 Å². The molecule has 0 bridgehead atoms. The maximum atomic E-state index is 14.1. The third kappa shape index (κ3) is 5.90. The Morgan fingerprint density at radius 3 is 2.21 bits per heavy atom. The fourth-order valence-corrected chi connectivity index (χ4v) is 5.90. The standard InChI is InChI=1S/C27H32N6O4S/c28-26(29)27(32-14-15-38-27)24(23(36)19-12-7-13-30-19)33-25(37)22(31-16-20(34)35)21(17-8-3-1-4-9-17)18-10-5-2-6-11-18/h1-6,8-11,14-15,19,21-22,24,30-32H,7,12-13,16H2,(H3,28,29)(H,33,37)(H,34,35)/t19-,22+,24?,27?/m0/s1. The highest BCUT2D eigenvalue weighted by molar-refractivity contribution is 8.04. The molecular weight excluding hydrogens is 504 g/mol. The molecule has 2 aliphatic rings. The van der Waals surface area contributed by atoms with Crippen LogP contribution in [0.3, 0.4) is 0 Å². The number of nitrogens with two attached hydrogens (primary N) is 1. The number of aliphatic carboxylic acids is 1. The van der Waals surface area contributed by atoms with E-state index in [-0.39, 0.29) is 11.6 Å². The number of rotatable bonds is 12. The highest BCUT2D eigenvalue weighted by Gasteiger charge is 2.51. The van der Waals surface area contributed by atoms with E-state index in [1.54, 1.807) is 11.6 Å². The third-order valence-corrected chi connectivity index (χ3v) is 8.03. The molecule has 0 aromatic heterocycles. The molecule has 11 heteroatoms. The number of carbonyl (C=O) groups excluding carboxylic acids is 2. The van der Waals surface area contributed by atoms with Crippen LogP contribution in [0.4, 0.5) is 0 Å². The molecule has 2 unspecified atom stereocenters. The van der Waals surface area contributed by atoms with Crippen molar-refractivity contribution in [2.24, 2.45) is 5.73 Å². The first-order valence-corrected chi connectivity index (χ1v) is 13.3. The number of ketones is 1. The van der Waals surface area contributed by atoms with E-state index in [1.807, 2.05) is 60.7 Å². The van der Waals surface area contributed by atoms with Crippen LogP contribution >= 0.6 is 11.8 Å². The van der Waals surface area contributed by atoms with Crippen LogP contribution < -0.4 is 27.0 Å². The molecule has 1 fully saturated rings. The van der Waals surface area contributed by atoms with Gasteiger partial charge in [-0.1, -0.05) is 72.4 Å². The SMILES string of the molecule is N=C(N)C1(C(NC(=O)[C@H](NCC(=O)O)C(c2ccccc2)c2ccccc2)C(=O)[C@@H]2CCCN2)NC=CS1. The lowest BCUT2D eigenvalue weighted by Crippen LogP contribution is -2.69. The van der Waals surface area contributed by atoms with Gasteiger partial charge in [0.05, 0.1) is 18.6 Å². The molecule has 2 heterocycles. The van der Waals surface area contributed by atoms with Crippen LogP contribution in [0, 0.1) is 5.41 Å². The number of hydrogen-bond donors (Lipinski definition) is 7. The second-order valence-corrected chi connectivity index (χ2v) is 10.4. The van der Waals surface area contributed by atoms with Gasteiger partial charge in [-0.25, -0.2) is 0 Å². The van der Waals surface area contributed by atoms with Crippen LogP contribution in [0.1, 0.15) is 29.9 Å². The van der Waals surface area contributed by atoms with Crippen molar-refractivity contribution in [1.29, 1.82) is 5.41 Å². The van der Waals surface area contributed by atoms with E-state index >= 15 is 0 Å². The molecule has 1 amide bonds. The van der Waals surface area contributed by atoms with Crippen molar-refractivity contribution in [2.75, 3.05) is 13.1 Å². The Morgan fingerprint density at radius 2 is 1.74 bits per heavy atom. The van der Waals surface area contributed by atoms with Crippen LogP contribution in [0.25, 0.3) is 0 Å². The molecule has 0 spiro atoms. The maximum absolute atomic E-state index is 14.1. The highest BCUT2D eigenvalue weighted by Crippen LogP contribution is 2.34. The summed E-state index contributed by atoms with van der Waals surface area (Å²) in [7, 11) is 0. The minimum atomic E-state index is -1.40. The fraction of sp³-hybridized carbons (Fsp3) is 0.333. The lowest BCUT2D eigenvalue weighted by molar-refractivity contribution is -0.136. The van der Waals surface area contributed by atoms with E-state index in [1.165, 1.54) is 0 Å². The first kappa shape index (κ1) is 27.4. The molecule has 1 saturated heterocycles. The molecule has 4 rings (SSSR count). The quantitative estimate of drug-likeness (QED) is 0.155. The van der Waals surface area contributed by atoms with Crippen molar-refractivity contribution in [3.05, 3.63) is 83.4 Å². The monoisotopic (exact) mass is 536 g/mol. The minimum Gasteiger partial charge on any atom is -0.480 e. The Bertz CT molecular complexity index is 1140. The summed E-state index contributed by atoms with van der Waals surface area (Å²) in [5.74, 6) is -2.85. The number of Topliss-reactive ketones (excluding diaryl/α,β-unsaturated/α-hetero) is 1. The van der Waals surface area contributed by atoms with Crippen LogP contribution in [0.5, 0.6) is 0 Å². The Hall–Kier alpha value is -3.67. The van der Waals surface area contributed by atoms with Crippen LogP contribution in [-0.4, -0.2) is 64.7 Å². The van der Waals surface area contributed by atoms with Crippen molar-refractivity contribution < 1.29 is 19.5 Å². The summed E-state index contributed by atoms with van der Waals surface area (Å²) in [5, 5.41) is 31.4. The van der Waals surface area contributed by atoms with Crippen molar-refractivity contribution >= 4 is 35.3 Å². The molecule has 2 aliphatic heterocycles. The average molecular weight is 537 g/mol. The van der Waals surface area contributed by atoms with E-state index in [2.05, 4.69) is 21.3 Å². The van der Waals surface area contributed by atoms with Gasteiger partial charge in [0.25, 0.3) is 0 Å². The fourth-order valence-electron chi connectivity index (χ4n) is 4.97. The van der Waals surface area contributed by atoms with Crippen molar-refractivity contribution in [2.45, 2.75) is 41.8 Å². The third-order valence-electron chi connectivity index (χ3n) is 6.81. The van der Waals surface area contributed by atoms with Crippen molar-refractivity contribution in [3.8, 4) is 0 Å². The second kappa shape index (κ2) is 12.2. The smallest absolute Gasteiger partial charge is 0.317 e. The number of nitrogens with one attached hydrogen (secondary N) is 5. The van der Waals surface area contributed by atoms with E-state index < -0.39 is 47.3 Å². The number of amidine groups is 1. The van der Waals surface area contributed by atoms with Gasteiger partial charge < -0.3 is 26.8 Å². The summed E-state index contributed by atoms with van der Waals surface area (Å²) in [6.07, 6.45) is 3.02. The Balaban J connectivity index is 1.74. The first-order chi connectivity index (χ1) is 18.3. The molecule has 0 radical (unpaired) electrons. The Labute approximate surface area is 225 Å². The van der Waals surface area contributed by atoms with E-state index in [4.69, 9.17) is 11.1 Å². The molecule has 200 valence electrons. The predicted octanol–water partition coefficient (Wildman–Crippen LogP) is 1.11. The van der Waals surface area contributed by atoms with Gasteiger partial charge in [0, 0.05) is 12.1 Å². The summed E-state index contributed by atoms with van der Waals surface area (Å²) in [6.45, 7) is 0.208. The number of amides is 1. The Morgan fingerprint density at radius 1 is 1.11 bits per heavy atom. The molecule has 38 heavy (non-hydrogen) atoms. The normalized spacial score (nSPS) is 22.0. The zero-order chi connectivity index (χ0) is 27.1. The highest BCUT2D eigenvalue weighted by atomic mass is 32.2. The van der Waals surface area contributed by atoms with Crippen molar-refractivity contribution in [3.63, 3.8) is 0 Å². The zero-order valence-electron chi connectivity index (χ0n) is 20.7. The van der Waals surface area contributed by atoms with Crippen LogP contribution in [0.2, 0.25) is 0 Å². The minimum absolute atomic E-state index is 0.289. The van der Waals surface area contributed by atoms with Gasteiger partial charge in [0.1, 0.15) is 11.9 Å². The average Bonchev–Trinajstić information content (AvgIpc) is 3.64. The van der Waals surface area contributed by atoms with Gasteiger partial charge in [0.2, 0.25) is 5.91 Å². The number of carboxylic acid groups (broad SMARTS) is 1. The van der Waals surface area contributed by atoms with Gasteiger partial charge in [0.15, 0.2) is 10.7 Å². The van der Waals surface area contributed by atoms with Gasteiger partial charge >= 0.3 is 5.97 Å². The topological polar surface area (TPSA) is 169 Å². The van der Waals surface area contributed by atoms with E-state index in [0.29, 0.717) is 13.0 Å². The van der Waals surface area contributed by atoms with Crippen molar-refractivity contribution in [1.82, 2.24) is 21.3 Å².